The lowest BCUT2D eigenvalue weighted by Crippen LogP contribution is -2.16. The van der Waals surface area contributed by atoms with Gasteiger partial charge in [0, 0.05) is 0 Å². The first-order valence-electron chi connectivity index (χ1n) is 5.63. The zero-order chi connectivity index (χ0) is 17.1. The fourth-order valence-electron chi connectivity index (χ4n) is 0.995. The van der Waals surface area contributed by atoms with Crippen molar-refractivity contribution in [3.05, 3.63) is 66.7 Å². The van der Waals surface area contributed by atoms with Gasteiger partial charge >= 0.3 is 10.3 Å². The highest BCUT2D eigenvalue weighted by atomic mass is 32.2. The Labute approximate surface area is 129 Å². The van der Waals surface area contributed by atoms with Crippen molar-refractivity contribution in [3.63, 3.8) is 0 Å². The van der Waals surface area contributed by atoms with Crippen molar-refractivity contribution in [2.45, 2.75) is 4.90 Å². The molecule has 8 nitrogen and oxygen atoms in total. The lowest BCUT2D eigenvalue weighted by molar-refractivity contribution is 0.226. The van der Waals surface area contributed by atoms with Crippen LogP contribution in [0.5, 0.6) is 0 Å². The van der Waals surface area contributed by atoms with Gasteiger partial charge < -0.3 is 5.21 Å². The normalized spacial score (nSPS) is 10.5. The van der Waals surface area contributed by atoms with Crippen LogP contribution in [0.15, 0.2) is 71.6 Å². The van der Waals surface area contributed by atoms with Crippen molar-refractivity contribution in [1.29, 1.82) is 0 Å². The van der Waals surface area contributed by atoms with Gasteiger partial charge in [0.25, 0.3) is 0 Å². The van der Waals surface area contributed by atoms with E-state index in [2.05, 4.69) is 0 Å². The lowest BCUT2D eigenvalue weighted by Gasteiger charge is -1.93. The predicted molar refractivity (Wildman–Crippen MR) is 80.7 cm³/mol. The molecular weight excluding hydrogens is 332 g/mol. The van der Waals surface area contributed by atoms with Gasteiger partial charge in [0.1, 0.15) is 0 Å². The van der Waals surface area contributed by atoms with E-state index in [9.17, 15) is 16.8 Å². The fraction of sp³-hybridized carbons (Fsp3) is 0. The second-order valence-corrected chi connectivity index (χ2v) is 6.27. The summed E-state index contributed by atoms with van der Waals surface area (Å²) in [6.07, 6.45) is 0. The minimum Gasteiger partial charge on any atom is -0.300 e. The van der Waals surface area contributed by atoms with Crippen molar-refractivity contribution < 1.29 is 26.6 Å². The molecule has 0 unspecified atom stereocenters. The average Bonchev–Trinajstić information content (AvgIpc) is 2.50. The van der Waals surface area contributed by atoms with E-state index in [0.29, 0.717) is 4.89 Å². The molecule has 5 N–H and O–H groups in total. The van der Waals surface area contributed by atoms with Crippen LogP contribution in [0.4, 0.5) is 0 Å². The van der Waals surface area contributed by atoms with Crippen LogP contribution in [0.3, 0.4) is 0 Å². The zero-order valence-electron chi connectivity index (χ0n) is 11.3. The van der Waals surface area contributed by atoms with Gasteiger partial charge in [-0.15, -0.1) is 0 Å². The molecule has 0 heterocycles. The maximum atomic E-state index is 10.6. The smallest absolute Gasteiger partial charge is 0.300 e. The van der Waals surface area contributed by atoms with E-state index < -0.39 is 20.3 Å². The number of hydrogen-bond acceptors (Lipinski definition) is 5. The summed E-state index contributed by atoms with van der Waals surface area (Å²) in [6, 6.07) is 19.9. The first-order valence-corrected chi connectivity index (χ1v) is 8.61. The van der Waals surface area contributed by atoms with E-state index in [1.807, 2.05) is 36.4 Å². The second-order valence-electron chi connectivity index (χ2n) is 3.58. The van der Waals surface area contributed by atoms with Crippen LogP contribution in [0.1, 0.15) is 0 Å². The van der Waals surface area contributed by atoms with Gasteiger partial charge in [0.2, 0.25) is 10.0 Å². The van der Waals surface area contributed by atoms with Crippen molar-refractivity contribution in [2.75, 3.05) is 0 Å². The summed E-state index contributed by atoms with van der Waals surface area (Å²) in [5.41, 5.74) is 0. The summed E-state index contributed by atoms with van der Waals surface area (Å²) < 4.78 is 47.0. The quantitative estimate of drug-likeness (QED) is 0.466. The van der Waals surface area contributed by atoms with Crippen LogP contribution in [-0.2, 0) is 20.3 Å². The van der Waals surface area contributed by atoms with Crippen LogP contribution in [-0.4, -0.2) is 26.6 Å². The van der Waals surface area contributed by atoms with Crippen LogP contribution in [0.25, 0.3) is 0 Å². The maximum absolute atomic E-state index is 10.6. The zero-order valence-corrected chi connectivity index (χ0v) is 12.9. The number of rotatable bonds is 2. The molecule has 2 rings (SSSR count). The molecule has 0 aliphatic rings. The third-order valence-electron chi connectivity index (χ3n) is 1.85. The molecule has 10 heteroatoms. The predicted octanol–water partition coefficient (Wildman–Crippen LogP) is 0.789. The van der Waals surface area contributed by atoms with Gasteiger partial charge in [0.05, 0.1) is 4.90 Å². The third-order valence-corrected chi connectivity index (χ3v) is 3.01. The molecule has 0 radical (unpaired) electrons. The number of benzene rings is 2. The third kappa shape index (κ3) is 12.0. The molecule has 0 aliphatic carbocycles. The van der Waals surface area contributed by atoms with Gasteiger partial charge in [0.15, 0.2) is 0 Å². The Morgan fingerprint density at radius 2 is 1.05 bits per heavy atom. The van der Waals surface area contributed by atoms with Crippen molar-refractivity contribution in [2.24, 2.45) is 5.14 Å². The number of sulfonamides is 1. The molecule has 2 aromatic rings. The molecule has 0 atom stereocenters. The summed E-state index contributed by atoms with van der Waals surface area (Å²) in [5, 5.41) is 12.1. The van der Waals surface area contributed by atoms with E-state index in [1.165, 1.54) is 12.1 Å². The van der Waals surface area contributed by atoms with E-state index in [4.69, 9.17) is 14.9 Å². The summed E-state index contributed by atoms with van der Waals surface area (Å²) in [4.78, 5) is 0.780. The Hall–Kier alpha value is -1.82. The minimum absolute atomic E-state index is 0.148. The molecule has 0 amide bonds. The number of hydrogen-bond donors (Lipinski definition) is 4. The van der Waals surface area contributed by atoms with E-state index in [1.54, 1.807) is 18.2 Å². The maximum Gasteiger partial charge on any atom is 0.355 e. The molecule has 122 valence electrons. The molecular formula is C12H16N2O6S2. The summed E-state index contributed by atoms with van der Waals surface area (Å²) in [5.74, 6) is 0. The Bertz CT molecular complexity index is 692. The first kappa shape index (κ1) is 20.2. The second kappa shape index (κ2) is 10.00. The average molecular weight is 348 g/mol. The van der Waals surface area contributed by atoms with Crippen LogP contribution in [0, 0.1) is 0 Å². The standard InChI is InChI=1S/C6H7NO2S.C6H6.H3NO4S/c7-10(8,9)6-4-2-1-3-5-6;1-2-4-6-5-3-1;2-1-6(3,4)5/h1-5H,(H2,7,8,9);1-6H;1-2H,(H,3,4,5). The summed E-state index contributed by atoms with van der Waals surface area (Å²) >= 11 is 0. The molecule has 0 bridgehead atoms. The molecule has 0 saturated carbocycles. The summed E-state index contributed by atoms with van der Waals surface area (Å²) in [6.45, 7) is 0. The number of nitrogens with two attached hydrogens (primary N) is 1. The number of primary sulfonamides is 1. The highest BCUT2D eigenvalue weighted by Crippen LogP contribution is 2.03. The SMILES string of the molecule is NS(=O)(=O)c1ccccc1.O=S(=O)(O)NO.c1ccccc1. The molecule has 0 spiro atoms. The highest BCUT2D eigenvalue weighted by molar-refractivity contribution is 7.89. The monoisotopic (exact) mass is 348 g/mol. The van der Waals surface area contributed by atoms with Gasteiger partial charge in [-0.3, -0.25) is 4.55 Å². The van der Waals surface area contributed by atoms with Crippen LogP contribution < -0.4 is 10.0 Å². The Kier molecular flexibility index (Phi) is 9.17. The molecule has 0 aliphatic heterocycles. The number of nitrogens with one attached hydrogen (secondary N) is 1. The first-order chi connectivity index (χ1) is 10.2. The topological polar surface area (TPSA) is 147 Å². The van der Waals surface area contributed by atoms with Gasteiger partial charge in [-0.25, -0.2) is 13.6 Å². The van der Waals surface area contributed by atoms with Gasteiger partial charge in [-0.05, 0) is 12.1 Å². The van der Waals surface area contributed by atoms with Crippen molar-refractivity contribution in [3.8, 4) is 0 Å². The van der Waals surface area contributed by atoms with Crippen LogP contribution >= 0.6 is 0 Å². The largest absolute Gasteiger partial charge is 0.355 e. The van der Waals surface area contributed by atoms with E-state index in [0.717, 1.165) is 0 Å². The molecule has 2 aromatic carbocycles. The molecule has 0 fully saturated rings. The van der Waals surface area contributed by atoms with Crippen molar-refractivity contribution in [1.82, 2.24) is 4.89 Å². The van der Waals surface area contributed by atoms with Crippen LogP contribution in [0.2, 0.25) is 0 Å². The van der Waals surface area contributed by atoms with Crippen molar-refractivity contribution >= 4 is 20.3 Å². The summed E-state index contributed by atoms with van der Waals surface area (Å²) in [7, 11) is -7.86. The Morgan fingerprint density at radius 1 is 0.773 bits per heavy atom. The minimum atomic E-state index is -4.36. The lowest BCUT2D eigenvalue weighted by atomic mass is 10.4. The van der Waals surface area contributed by atoms with E-state index >= 15 is 0 Å². The van der Waals surface area contributed by atoms with Gasteiger partial charge in [-0.1, -0.05) is 59.5 Å². The highest BCUT2D eigenvalue weighted by Gasteiger charge is 2.03. The molecule has 22 heavy (non-hydrogen) atoms. The molecule has 0 saturated heterocycles. The molecule has 0 aromatic heterocycles. The fourth-order valence-corrected chi connectivity index (χ4v) is 1.53. The van der Waals surface area contributed by atoms with E-state index in [-0.39, 0.29) is 4.90 Å². The Morgan fingerprint density at radius 3 is 1.23 bits per heavy atom. The Balaban J connectivity index is 0.000000319. The van der Waals surface area contributed by atoms with Gasteiger partial charge in [-0.2, -0.15) is 8.42 Å².